The third-order valence-electron chi connectivity index (χ3n) is 3.08. The summed E-state index contributed by atoms with van der Waals surface area (Å²) in [7, 11) is 0. The summed E-state index contributed by atoms with van der Waals surface area (Å²) in [5.41, 5.74) is 2.01. The summed E-state index contributed by atoms with van der Waals surface area (Å²) in [6.45, 7) is 2.49. The second-order valence-corrected chi connectivity index (χ2v) is 4.72. The van der Waals surface area contributed by atoms with Crippen molar-refractivity contribution in [2.75, 3.05) is 6.61 Å². The van der Waals surface area contributed by atoms with Gasteiger partial charge < -0.3 is 4.74 Å². The van der Waals surface area contributed by atoms with E-state index in [0.29, 0.717) is 17.5 Å². The Kier molecular flexibility index (Phi) is 3.52. The summed E-state index contributed by atoms with van der Waals surface area (Å²) in [5.74, 6) is 0.570. The first kappa shape index (κ1) is 12.9. The predicted octanol–water partition coefficient (Wildman–Crippen LogP) is 4.35. The van der Waals surface area contributed by atoms with E-state index in [1.54, 1.807) is 12.4 Å². The molecule has 100 valence electrons. The first-order chi connectivity index (χ1) is 9.81. The van der Waals surface area contributed by atoms with Gasteiger partial charge in [0.2, 0.25) is 5.88 Å². The van der Waals surface area contributed by atoms with Gasteiger partial charge in [0.1, 0.15) is 0 Å². The zero-order chi connectivity index (χ0) is 13.9. The highest BCUT2D eigenvalue weighted by Crippen LogP contribution is 2.36. The lowest BCUT2D eigenvalue weighted by atomic mass is 10.0. The lowest BCUT2D eigenvalue weighted by molar-refractivity contribution is 0.331. The normalized spacial score (nSPS) is 10.7. The molecule has 3 aromatic rings. The highest BCUT2D eigenvalue weighted by Gasteiger charge is 2.12. The standard InChI is InChI=1S/C16H13ClN2O/c1-2-20-16-15-12(6-3-7-14(15)17)13(10-19-16)11-5-4-8-18-9-11/h3-10H,2H2,1H3. The van der Waals surface area contributed by atoms with Crippen LogP contribution in [0.2, 0.25) is 5.02 Å². The molecule has 0 aliphatic heterocycles. The lowest BCUT2D eigenvalue weighted by Gasteiger charge is -2.11. The minimum Gasteiger partial charge on any atom is -0.477 e. The Balaban J connectivity index is 2.31. The largest absolute Gasteiger partial charge is 0.477 e. The van der Waals surface area contributed by atoms with Gasteiger partial charge in [-0.25, -0.2) is 4.98 Å². The van der Waals surface area contributed by atoms with E-state index in [0.717, 1.165) is 21.9 Å². The fourth-order valence-electron chi connectivity index (χ4n) is 2.22. The monoisotopic (exact) mass is 284 g/mol. The van der Waals surface area contributed by atoms with E-state index in [1.165, 1.54) is 0 Å². The molecule has 3 nitrogen and oxygen atoms in total. The molecule has 0 aliphatic carbocycles. The fourth-order valence-corrected chi connectivity index (χ4v) is 2.48. The number of hydrogen-bond acceptors (Lipinski definition) is 3. The van der Waals surface area contributed by atoms with Gasteiger partial charge >= 0.3 is 0 Å². The second-order valence-electron chi connectivity index (χ2n) is 4.31. The zero-order valence-corrected chi connectivity index (χ0v) is 11.8. The van der Waals surface area contributed by atoms with Crippen LogP contribution < -0.4 is 4.74 Å². The van der Waals surface area contributed by atoms with E-state index in [2.05, 4.69) is 9.97 Å². The summed E-state index contributed by atoms with van der Waals surface area (Å²) < 4.78 is 5.58. The van der Waals surface area contributed by atoms with Gasteiger partial charge in [-0.1, -0.05) is 29.8 Å². The molecule has 3 rings (SSSR count). The number of aromatic nitrogens is 2. The van der Waals surface area contributed by atoms with Crippen LogP contribution in [0.5, 0.6) is 5.88 Å². The van der Waals surface area contributed by atoms with Crippen molar-refractivity contribution in [1.82, 2.24) is 9.97 Å². The molecular formula is C16H13ClN2O. The summed E-state index contributed by atoms with van der Waals surface area (Å²) in [6, 6.07) is 9.71. The van der Waals surface area contributed by atoms with Crippen molar-refractivity contribution < 1.29 is 4.74 Å². The minimum absolute atomic E-state index is 0.555. The van der Waals surface area contributed by atoms with Crippen LogP contribution >= 0.6 is 11.6 Å². The van der Waals surface area contributed by atoms with E-state index in [-0.39, 0.29) is 0 Å². The summed E-state index contributed by atoms with van der Waals surface area (Å²) >= 11 is 6.32. The lowest BCUT2D eigenvalue weighted by Crippen LogP contribution is -1.97. The maximum absolute atomic E-state index is 6.32. The maximum atomic E-state index is 6.32. The van der Waals surface area contributed by atoms with Crippen LogP contribution in [0.4, 0.5) is 0 Å². The Hall–Kier alpha value is -2.13. The number of fused-ring (bicyclic) bond motifs is 1. The van der Waals surface area contributed by atoms with Gasteiger partial charge in [0.25, 0.3) is 0 Å². The summed E-state index contributed by atoms with van der Waals surface area (Å²) in [6.07, 6.45) is 5.37. The molecular weight excluding hydrogens is 272 g/mol. The highest BCUT2D eigenvalue weighted by molar-refractivity contribution is 6.36. The molecule has 0 spiro atoms. The summed E-state index contributed by atoms with van der Waals surface area (Å²) in [5, 5.41) is 2.51. The smallest absolute Gasteiger partial charge is 0.222 e. The molecule has 0 bridgehead atoms. The topological polar surface area (TPSA) is 35.0 Å². The number of halogens is 1. The van der Waals surface area contributed by atoms with Gasteiger partial charge in [-0.3, -0.25) is 4.98 Å². The average Bonchev–Trinajstić information content (AvgIpc) is 2.49. The Bertz CT molecular complexity index is 744. The van der Waals surface area contributed by atoms with Gasteiger partial charge in [-0.15, -0.1) is 0 Å². The number of hydrogen-bond donors (Lipinski definition) is 0. The number of benzene rings is 1. The predicted molar refractivity (Wildman–Crippen MR) is 81.2 cm³/mol. The van der Waals surface area contributed by atoms with Crippen LogP contribution in [0.1, 0.15) is 6.92 Å². The maximum Gasteiger partial charge on any atom is 0.222 e. The van der Waals surface area contributed by atoms with Gasteiger partial charge in [0.05, 0.1) is 17.0 Å². The molecule has 20 heavy (non-hydrogen) atoms. The highest BCUT2D eigenvalue weighted by atomic mass is 35.5. The number of pyridine rings is 2. The number of nitrogens with zero attached hydrogens (tertiary/aromatic N) is 2. The van der Waals surface area contributed by atoms with Crippen molar-refractivity contribution in [2.24, 2.45) is 0 Å². The van der Waals surface area contributed by atoms with E-state index in [1.807, 2.05) is 43.5 Å². The number of rotatable bonds is 3. The molecule has 0 radical (unpaired) electrons. The van der Waals surface area contributed by atoms with Crippen LogP contribution in [0, 0.1) is 0 Å². The average molecular weight is 285 g/mol. The first-order valence-electron chi connectivity index (χ1n) is 6.41. The van der Waals surface area contributed by atoms with Crippen molar-refractivity contribution in [3.05, 3.63) is 53.9 Å². The van der Waals surface area contributed by atoms with E-state index in [9.17, 15) is 0 Å². The first-order valence-corrected chi connectivity index (χ1v) is 6.79. The third-order valence-corrected chi connectivity index (χ3v) is 3.40. The molecule has 2 aromatic heterocycles. The van der Waals surface area contributed by atoms with E-state index >= 15 is 0 Å². The molecule has 0 N–H and O–H groups in total. The van der Waals surface area contributed by atoms with Crippen LogP contribution in [-0.4, -0.2) is 16.6 Å². The molecule has 1 aromatic carbocycles. The van der Waals surface area contributed by atoms with E-state index in [4.69, 9.17) is 16.3 Å². The van der Waals surface area contributed by atoms with Gasteiger partial charge in [-0.05, 0) is 24.4 Å². The molecule has 0 amide bonds. The molecule has 4 heteroatoms. The van der Waals surface area contributed by atoms with Crippen LogP contribution in [0.25, 0.3) is 21.9 Å². The third kappa shape index (κ3) is 2.21. The van der Waals surface area contributed by atoms with Gasteiger partial charge in [0.15, 0.2) is 0 Å². The second kappa shape index (κ2) is 5.47. The zero-order valence-electron chi connectivity index (χ0n) is 11.0. The van der Waals surface area contributed by atoms with Crippen molar-refractivity contribution >= 4 is 22.4 Å². The van der Waals surface area contributed by atoms with Gasteiger partial charge in [-0.2, -0.15) is 0 Å². The quantitative estimate of drug-likeness (QED) is 0.717. The fraction of sp³-hybridized carbons (Fsp3) is 0.125. The van der Waals surface area contributed by atoms with Crippen molar-refractivity contribution in [3.8, 4) is 17.0 Å². The van der Waals surface area contributed by atoms with Crippen LogP contribution in [0.15, 0.2) is 48.9 Å². The van der Waals surface area contributed by atoms with E-state index < -0.39 is 0 Å². The SMILES string of the molecule is CCOc1ncc(-c2cccnc2)c2cccc(Cl)c12. The molecule has 0 unspecified atom stereocenters. The van der Waals surface area contributed by atoms with Crippen LogP contribution in [0.3, 0.4) is 0 Å². The molecule has 0 fully saturated rings. The Labute approximate surface area is 122 Å². The number of ether oxygens (including phenoxy) is 1. The van der Waals surface area contributed by atoms with Crippen molar-refractivity contribution in [1.29, 1.82) is 0 Å². The minimum atomic E-state index is 0.555. The molecule has 0 saturated heterocycles. The van der Waals surface area contributed by atoms with Crippen LogP contribution in [-0.2, 0) is 0 Å². The molecule has 0 saturated carbocycles. The Morgan fingerprint density at radius 3 is 2.80 bits per heavy atom. The molecule has 0 aliphatic rings. The Morgan fingerprint density at radius 2 is 2.05 bits per heavy atom. The van der Waals surface area contributed by atoms with Crippen molar-refractivity contribution in [2.45, 2.75) is 6.92 Å². The molecule has 2 heterocycles. The summed E-state index contributed by atoms with van der Waals surface area (Å²) in [4.78, 5) is 8.56. The van der Waals surface area contributed by atoms with Crippen molar-refractivity contribution in [3.63, 3.8) is 0 Å². The molecule has 0 atom stereocenters. The Morgan fingerprint density at radius 1 is 1.15 bits per heavy atom. The van der Waals surface area contributed by atoms with Gasteiger partial charge in [0, 0.05) is 29.7 Å².